The maximum Gasteiger partial charge on any atom is 0.253 e. The maximum atomic E-state index is 12.8. The number of rotatable bonds is 5. The second kappa shape index (κ2) is 8.75. The molecule has 8 heteroatoms. The van der Waals surface area contributed by atoms with Gasteiger partial charge >= 0.3 is 0 Å². The third kappa shape index (κ3) is 4.11. The molecule has 1 atom stereocenters. The summed E-state index contributed by atoms with van der Waals surface area (Å²) in [5.41, 5.74) is 1.39. The van der Waals surface area contributed by atoms with E-state index in [1.807, 2.05) is 17.0 Å². The number of piperidine rings is 1. The van der Waals surface area contributed by atoms with Crippen LogP contribution in [-0.4, -0.2) is 48.3 Å². The summed E-state index contributed by atoms with van der Waals surface area (Å²) in [6.07, 6.45) is 1.76. The molecule has 0 saturated carbocycles. The van der Waals surface area contributed by atoms with Crippen molar-refractivity contribution in [1.82, 2.24) is 15.0 Å². The first-order valence-corrected chi connectivity index (χ1v) is 10.1. The van der Waals surface area contributed by atoms with E-state index in [0.717, 1.165) is 18.4 Å². The van der Waals surface area contributed by atoms with E-state index in [-0.39, 0.29) is 11.8 Å². The van der Waals surface area contributed by atoms with Gasteiger partial charge in [-0.25, -0.2) is 0 Å². The van der Waals surface area contributed by atoms with Gasteiger partial charge in [0, 0.05) is 29.2 Å². The zero-order chi connectivity index (χ0) is 21.1. The van der Waals surface area contributed by atoms with Gasteiger partial charge in [-0.2, -0.15) is 4.98 Å². The number of halogens is 1. The minimum Gasteiger partial charge on any atom is -0.493 e. The van der Waals surface area contributed by atoms with Gasteiger partial charge in [0.05, 0.1) is 20.1 Å². The number of carbonyl (C=O) groups is 1. The predicted octanol–water partition coefficient (Wildman–Crippen LogP) is 4.43. The van der Waals surface area contributed by atoms with Crippen molar-refractivity contribution in [3.05, 3.63) is 58.9 Å². The van der Waals surface area contributed by atoms with Crippen LogP contribution in [0.3, 0.4) is 0 Å². The van der Waals surface area contributed by atoms with E-state index in [4.69, 9.17) is 25.6 Å². The molecular formula is C22H22ClN3O4. The Labute approximate surface area is 179 Å². The number of benzene rings is 2. The molecule has 1 aliphatic rings. The molecule has 7 nitrogen and oxygen atoms in total. The molecule has 1 saturated heterocycles. The lowest BCUT2D eigenvalue weighted by atomic mass is 9.97. The van der Waals surface area contributed by atoms with Gasteiger partial charge in [0.15, 0.2) is 11.5 Å². The third-order valence-corrected chi connectivity index (χ3v) is 5.48. The Hall–Kier alpha value is -3.06. The van der Waals surface area contributed by atoms with Gasteiger partial charge in [-0.15, -0.1) is 0 Å². The lowest BCUT2D eigenvalue weighted by molar-refractivity contribution is 0.0695. The molecule has 0 bridgehead atoms. The molecule has 1 unspecified atom stereocenters. The molecule has 3 aromatic rings. The van der Waals surface area contributed by atoms with E-state index in [0.29, 0.717) is 46.9 Å². The summed E-state index contributed by atoms with van der Waals surface area (Å²) in [5.74, 6) is 2.22. The number of carbonyl (C=O) groups excluding carboxylic acids is 1. The van der Waals surface area contributed by atoms with E-state index >= 15 is 0 Å². The Balaban J connectivity index is 1.50. The van der Waals surface area contributed by atoms with Gasteiger partial charge in [0.25, 0.3) is 5.91 Å². The van der Waals surface area contributed by atoms with Gasteiger partial charge < -0.3 is 18.9 Å². The van der Waals surface area contributed by atoms with E-state index in [1.165, 1.54) is 0 Å². The summed E-state index contributed by atoms with van der Waals surface area (Å²) in [6.45, 7) is 1.24. The standard InChI is InChI=1S/C22H22ClN3O4/c1-28-18-10-7-15(12-19(18)29-2)20-24-21(30-25-20)16-4-3-11-26(13-16)22(27)14-5-8-17(23)9-6-14/h5-10,12,16H,3-4,11,13H2,1-2H3. The average Bonchev–Trinajstić information content (AvgIpc) is 3.29. The zero-order valence-electron chi connectivity index (χ0n) is 16.8. The third-order valence-electron chi connectivity index (χ3n) is 5.23. The molecule has 156 valence electrons. The predicted molar refractivity (Wildman–Crippen MR) is 112 cm³/mol. The minimum absolute atomic E-state index is 0.00334. The fourth-order valence-corrected chi connectivity index (χ4v) is 3.76. The van der Waals surface area contributed by atoms with Crippen molar-refractivity contribution in [2.45, 2.75) is 18.8 Å². The van der Waals surface area contributed by atoms with Crippen LogP contribution in [0.15, 0.2) is 47.0 Å². The van der Waals surface area contributed by atoms with Gasteiger partial charge in [-0.3, -0.25) is 4.79 Å². The largest absolute Gasteiger partial charge is 0.493 e. The molecule has 1 aliphatic heterocycles. The normalized spacial score (nSPS) is 16.4. The number of ether oxygens (including phenoxy) is 2. The van der Waals surface area contributed by atoms with Crippen LogP contribution in [0.2, 0.25) is 5.02 Å². The second-order valence-electron chi connectivity index (χ2n) is 7.12. The molecule has 4 rings (SSSR count). The van der Waals surface area contributed by atoms with Crippen LogP contribution in [0, 0.1) is 0 Å². The molecule has 1 amide bonds. The Morgan fingerprint density at radius 3 is 2.63 bits per heavy atom. The van der Waals surface area contributed by atoms with Crippen molar-refractivity contribution in [1.29, 1.82) is 0 Å². The zero-order valence-corrected chi connectivity index (χ0v) is 17.6. The van der Waals surface area contributed by atoms with Gasteiger partial charge in [0.2, 0.25) is 11.7 Å². The van der Waals surface area contributed by atoms with Crippen molar-refractivity contribution in [3.8, 4) is 22.9 Å². The lowest BCUT2D eigenvalue weighted by Gasteiger charge is -2.31. The smallest absolute Gasteiger partial charge is 0.253 e. The highest BCUT2D eigenvalue weighted by atomic mass is 35.5. The summed E-state index contributed by atoms with van der Waals surface area (Å²) < 4.78 is 16.2. The van der Waals surface area contributed by atoms with Gasteiger partial charge in [-0.1, -0.05) is 16.8 Å². The number of hydrogen-bond donors (Lipinski definition) is 0. The van der Waals surface area contributed by atoms with Crippen molar-refractivity contribution in [3.63, 3.8) is 0 Å². The molecule has 2 heterocycles. The monoisotopic (exact) mass is 427 g/mol. The highest BCUT2D eigenvalue weighted by molar-refractivity contribution is 6.30. The molecule has 30 heavy (non-hydrogen) atoms. The van der Waals surface area contributed by atoms with Crippen LogP contribution >= 0.6 is 11.6 Å². The minimum atomic E-state index is -0.0176. The first kappa shape index (κ1) is 20.2. The lowest BCUT2D eigenvalue weighted by Crippen LogP contribution is -2.39. The van der Waals surface area contributed by atoms with E-state index in [9.17, 15) is 4.79 Å². The molecule has 0 aliphatic carbocycles. The fourth-order valence-electron chi connectivity index (χ4n) is 3.63. The van der Waals surface area contributed by atoms with Crippen molar-refractivity contribution < 1.29 is 18.8 Å². The Kier molecular flexibility index (Phi) is 5.90. The van der Waals surface area contributed by atoms with Crippen LogP contribution < -0.4 is 9.47 Å². The molecule has 0 spiro atoms. The van der Waals surface area contributed by atoms with Crippen LogP contribution in [0.5, 0.6) is 11.5 Å². The van der Waals surface area contributed by atoms with Gasteiger partial charge in [-0.05, 0) is 55.3 Å². The summed E-state index contributed by atoms with van der Waals surface area (Å²) >= 11 is 5.93. The fraction of sp³-hybridized carbons (Fsp3) is 0.318. The van der Waals surface area contributed by atoms with Crippen LogP contribution in [0.1, 0.15) is 35.0 Å². The van der Waals surface area contributed by atoms with Crippen LogP contribution in [-0.2, 0) is 0 Å². The number of nitrogens with zero attached hydrogens (tertiary/aromatic N) is 3. The van der Waals surface area contributed by atoms with Gasteiger partial charge in [0.1, 0.15) is 0 Å². The first-order valence-electron chi connectivity index (χ1n) is 9.70. The van der Waals surface area contributed by atoms with Crippen LogP contribution in [0.4, 0.5) is 0 Å². The quantitative estimate of drug-likeness (QED) is 0.599. The van der Waals surface area contributed by atoms with Crippen molar-refractivity contribution >= 4 is 17.5 Å². The molecule has 1 aromatic heterocycles. The van der Waals surface area contributed by atoms with Crippen LogP contribution in [0.25, 0.3) is 11.4 Å². The molecule has 1 fully saturated rings. The highest BCUT2D eigenvalue weighted by Gasteiger charge is 2.29. The molecule has 2 aromatic carbocycles. The second-order valence-corrected chi connectivity index (χ2v) is 7.56. The topological polar surface area (TPSA) is 77.7 Å². The molecule has 0 radical (unpaired) electrons. The summed E-state index contributed by atoms with van der Waals surface area (Å²) in [7, 11) is 3.17. The molecule has 0 N–H and O–H groups in total. The van der Waals surface area contributed by atoms with Crippen molar-refractivity contribution in [2.75, 3.05) is 27.3 Å². The Bertz CT molecular complexity index is 1040. The Morgan fingerprint density at radius 2 is 1.90 bits per heavy atom. The average molecular weight is 428 g/mol. The van der Waals surface area contributed by atoms with E-state index < -0.39 is 0 Å². The summed E-state index contributed by atoms with van der Waals surface area (Å²) in [5, 5.41) is 4.74. The number of likely N-dealkylation sites (tertiary alicyclic amines) is 1. The molecular weight excluding hydrogens is 406 g/mol. The summed E-state index contributed by atoms with van der Waals surface area (Å²) in [6, 6.07) is 12.4. The highest BCUT2D eigenvalue weighted by Crippen LogP contribution is 2.33. The van der Waals surface area contributed by atoms with Crippen molar-refractivity contribution in [2.24, 2.45) is 0 Å². The number of amides is 1. The SMILES string of the molecule is COc1ccc(-c2noc(C3CCCN(C(=O)c4ccc(Cl)cc4)C3)n2)cc1OC. The number of aromatic nitrogens is 2. The Morgan fingerprint density at radius 1 is 1.13 bits per heavy atom. The summed E-state index contributed by atoms with van der Waals surface area (Å²) in [4.78, 5) is 19.3. The first-order chi connectivity index (χ1) is 14.6. The number of methoxy groups -OCH3 is 2. The van der Waals surface area contributed by atoms with E-state index in [2.05, 4.69) is 10.1 Å². The number of hydrogen-bond acceptors (Lipinski definition) is 6. The van der Waals surface area contributed by atoms with E-state index in [1.54, 1.807) is 44.6 Å². The maximum absolute atomic E-state index is 12.8.